The molecule has 0 radical (unpaired) electrons. The van der Waals surface area contributed by atoms with E-state index in [0.717, 1.165) is 11.4 Å². The molecule has 4 atom stereocenters. The summed E-state index contributed by atoms with van der Waals surface area (Å²) < 4.78 is 11.3. The third-order valence-electron chi connectivity index (χ3n) is 5.45. The van der Waals surface area contributed by atoms with Gasteiger partial charge in [0.05, 0.1) is 31.6 Å². The quantitative estimate of drug-likeness (QED) is 0.818. The summed E-state index contributed by atoms with van der Waals surface area (Å²) in [6.07, 6.45) is 5.09. The number of fused-ring (bicyclic) bond motifs is 1. The smallest absolute Gasteiger partial charge is 0.234 e. The van der Waals surface area contributed by atoms with Crippen LogP contribution < -0.4 is 15.0 Å². The Morgan fingerprint density at radius 2 is 2.22 bits per heavy atom. The number of carbonyl (C=O) groups is 2. The van der Waals surface area contributed by atoms with E-state index in [9.17, 15) is 9.59 Å². The minimum atomic E-state index is -0.743. The lowest BCUT2D eigenvalue weighted by Crippen LogP contribution is -2.41. The van der Waals surface area contributed by atoms with Crippen molar-refractivity contribution >= 4 is 34.0 Å². The number of thiazole rings is 1. The second-order valence-corrected chi connectivity index (χ2v) is 7.74. The highest BCUT2D eigenvalue weighted by atomic mass is 32.1. The Morgan fingerprint density at radius 3 is 2.93 bits per heavy atom. The Balaban J connectivity index is 1.44. The van der Waals surface area contributed by atoms with Gasteiger partial charge in [0.1, 0.15) is 11.4 Å². The largest absolute Gasteiger partial charge is 0.497 e. The first kappa shape index (κ1) is 16.5. The molecule has 0 aliphatic carbocycles. The van der Waals surface area contributed by atoms with Gasteiger partial charge in [0.15, 0.2) is 5.13 Å². The van der Waals surface area contributed by atoms with E-state index in [1.165, 1.54) is 11.3 Å². The number of amides is 2. The molecule has 7 nitrogen and oxygen atoms in total. The molecule has 0 saturated carbocycles. The van der Waals surface area contributed by atoms with Gasteiger partial charge in [-0.2, -0.15) is 0 Å². The molecule has 2 bridgehead atoms. The van der Waals surface area contributed by atoms with E-state index in [-0.39, 0.29) is 17.9 Å². The molecule has 3 aliphatic heterocycles. The van der Waals surface area contributed by atoms with E-state index >= 15 is 0 Å². The SMILES string of the molecule is COc1ccc(N2CC34C=CC(O3)C(C(=O)Nc3nccs3)C4C2=O)cc1. The number of anilines is 2. The molecule has 2 amide bonds. The number of hydrogen-bond acceptors (Lipinski definition) is 6. The van der Waals surface area contributed by atoms with Gasteiger partial charge in [0.25, 0.3) is 0 Å². The molecule has 1 spiro atoms. The van der Waals surface area contributed by atoms with E-state index in [1.807, 2.05) is 36.4 Å². The van der Waals surface area contributed by atoms with Crippen molar-refractivity contribution in [1.82, 2.24) is 4.98 Å². The fourth-order valence-corrected chi connectivity index (χ4v) is 4.78. The van der Waals surface area contributed by atoms with Gasteiger partial charge in [-0.3, -0.25) is 9.59 Å². The van der Waals surface area contributed by atoms with Crippen molar-refractivity contribution in [3.63, 3.8) is 0 Å². The molecule has 1 aromatic carbocycles. The van der Waals surface area contributed by atoms with Gasteiger partial charge in [-0.15, -0.1) is 11.3 Å². The maximum atomic E-state index is 13.2. The van der Waals surface area contributed by atoms with Crippen molar-refractivity contribution in [2.45, 2.75) is 11.7 Å². The number of rotatable bonds is 4. The first-order chi connectivity index (χ1) is 13.1. The average Bonchev–Trinajstić information content (AvgIpc) is 3.44. The predicted octanol–water partition coefficient (Wildman–Crippen LogP) is 2.08. The summed E-state index contributed by atoms with van der Waals surface area (Å²) in [6.45, 7) is 0.400. The second kappa shape index (κ2) is 5.90. The number of aromatic nitrogens is 1. The minimum Gasteiger partial charge on any atom is -0.497 e. The predicted molar refractivity (Wildman–Crippen MR) is 99.8 cm³/mol. The fourth-order valence-electron chi connectivity index (χ4n) is 4.25. The summed E-state index contributed by atoms with van der Waals surface area (Å²) >= 11 is 1.35. The topological polar surface area (TPSA) is 80.8 Å². The van der Waals surface area contributed by atoms with Crippen LogP contribution in [0.1, 0.15) is 0 Å². The van der Waals surface area contributed by atoms with E-state index in [2.05, 4.69) is 10.3 Å². The molecule has 1 N–H and O–H groups in total. The maximum Gasteiger partial charge on any atom is 0.234 e. The molecule has 5 rings (SSSR count). The number of ether oxygens (including phenoxy) is 2. The number of hydrogen-bond donors (Lipinski definition) is 1. The molecule has 8 heteroatoms. The van der Waals surface area contributed by atoms with E-state index < -0.39 is 17.4 Å². The molecule has 27 heavy (non-hydrogen) atoms. The maximum absolute atomic E-state index is 13.2. The standard InChI is InChI=1S/C19H17N3O4S/c1-25-12-4-2-11(3-5-12)22-10-19-7-6-13(26-19)14(15(19)17(22)24)16(23)21-18-20-8-9-27-18/h2-9,13-15H,10H2,1H3,(H,20,21,23). The van der Waals surface area contributed by atoms with Crippen LogP contribution >= 0.6 is 11.3 Å². The van der Waals surface area contributed by atoms with Crippen molar-refractivity contribution in [2.75, 3.05) is 23.9 Å². The third kappa shape index (κ3) is 2.40. The van der Waals surface area contributed by atoms with Gasteiger partial charge in [0, 0.05) is 17.3 Å². The lowest BCUT2D eigenvalue weighted by Gasteiger charge is -2.22. The summed E-state index contributed by atoms with van der Waals surface area (Å²) in [6, 6.07) is 7.31. The summed E-state index contributed by atoms with van der Waals surface area (Å²) in [5.74, 6) is -0.687. The zero-order valence-corrected chi connectivity index (χ0v) is 15.3. The Kier molecular flexibility index (Phi) is 3.60. The molecule has 2 aromatic rings. The average molecular weight is 383 g/mol. The van der Waals surface area contributed by atoms with Gasteiger partial charge in [-0.05, 0) is 24.3 Å². The molecule has 4 unspecified atom stereocenters. The lowest BCUT2D eigenvalue weighted by atomic mass is 9.77. The normalized spacial score (nSPS) is 30.6. The Labute approximate surface area is 159 Å². The molecule has 2 saturated heterocycles. The van der Waals surface area contributed by atoms with Crippen LogP contribution in [0.5, 0.6) is 5.75 Å². The summed E-state index contributed by atoms with van der Waals surface area (Å²) in [5, 5.41) is 5.13. The van der Waals surface area contributed by atoms with E-state index in [1.54, 1.807) is 23.6 Å². The molecule has 3 aliphatic rings. The van der Waals surface area contributed by atoms with Crippen LogP contribution in [0.25, 0.3) is 0 Å². The zero-order valence-electron chi connectivity index (χ0n) is 14.5. The Hall–Kier alpha value is -2.71. The van der Waals surface area contributed by atoms with Gasteiger partial charge >= 0.3 is 0 Å². The molecule has 1 aromatic heterocycles. The van der Waals surface area contributed by atoms with Crippen molar-refractivity contribution in [3.8, 4) is 5.75 Å². The van der Waals surface area contributed by atoms with Crippen LogP contribution in [0, 0.1) is 11.8 Å². The first-order valence-corrected chi connectivity index (χ1v) is 9.52. The highest BCUT2D eigenvalue weighted by Gasteiger charge is 2.67. The van der Waals surface area contributed by atoms with E-state index in [4.69, 9.17) is 9.47 Å². The van der Waals surface area contributed by atoms with Crippen molar-refractivity contribution in [3.05, 3.63) is 48.0 Å². The van der Waals surface area contributed by atoms with Gasteiger partial charge in [-0.1, -0.05) is 12.2 Å². The van der Waals surface area contributed by atoms with Gasteiger partial charge < -0.3 is 19.7 Å². The van der Waals surface area contributed by atoms with Crippen LogP contribution in [0.4, 0.5) is 10.8 Å². The molecule has 2 fully saturated rings. The third-order valence-corrected chi connectivity index (χ3v) is 6.14. The summed E-state index contributed by atoms with van der Waals surface area (Å²) in [7, 11) is 1.60. The number of benzene rings is 1. The number of nitrogens with one attached hydrogen (secondary N) is 1. The number of nitrogens with zero attached hydrogens (tertiary/aromatic N) is 2. The first-order valence-electron chi connectivity index (χ1n) is 8.64. The van der Waals surface area contributed by atoms with Crippen LogP contribution in [0.2, 0.25) is 0 Å². The number of carbonyl (C=O) groups excluding carboxylic acids is 2. The molecule has 138 valence electrons. The van der Waals surface area contributed by atoms with Crippen LogP contribution in [0.3, 0.4) is 0 Å². The van der Waals surface area contributed by atoms with Gasteiger partial charge in [0.2, 0.25) is 11.8 Å². The van der Waals surface area contributed by atoms with Crippen molar-refractivity contribution in [2.24, 2.45) is 11.8 Å². The van der Waals surface area contributed by atoms with Gasteiger partial charge in [-0.25, -0.2) is 4.98 Å². The summed E-state index contributed by atoms with van der Waals surface area (Å²) in [5.41, 5.74) is 0.0242. The van der Waals surface area contributed by atoms with Crippen molar-refractivity contribution < 1.29 is 19.1 Å². The fraction of sp³-hybridized carbons (Fsp3) is 0.316. The minimum absolute atomic E-state index is 0.0914. The molecule has 4 heterocycles. The van der Waals surface area contributed by atoms with Crippen molar-refractivity contribution in [1.29, 1.82) is 0 Å². The highest BCUT2D eigenvalue weighted by Crippen LogP contribution is 2.52. The second-order valence-electron chi connectivity index (χ2n) is 6.85. The Bertz CT molecular complexity index is 927. The number of methoxy groups -OCH3 is 1. The Morgan fingerprint density at radius 1 is 1.41 bits per heavy atom. The molecular weight excluding hydrogens is 366 g/mol. The molecular formula is C19H17N3O4S. The highest BCUT2D eigenvalue weighted by molar-refractivity contribution is 7.13. The van der Waals surface area contributed by atoms with Crippen LogP contribution in [-0.4, -0.2) is 42.2 Å². The summed E-state index contributed by atoms with van der Waals surface area (Å²) in [4.78, 5) is 31.9. The zero-order chi connectivity index (χ0) is 18.6. The van der Waals surface area contributed by atoms with Crippen LogP contribution in [0.15, 0.2) is 48.0 Å². The monoisotopic (exact) mass is 383 g/mol. The lowest BCUT2D eigenvalue weighted by molar-refractivity contribution is -0.128. The van der Waals surface area contributed by atoms with E-state index in [0.29, 0.717) is 11.7 Å². The van der Waals surface area contributed by atoms with Crippen LogP contribution in [-0.2, 0) is 14.3 Å².